The molecular formula is C17H15N5S. The molecule has 6 heteroatoms. The highest BCUT2D eigenvalue weighted by Crippen LogP contribution is 2.25. The van der Waals surface area contributed by atoms with Crippen molar-refractivity contribution in [2.45, 2.75) is 24.8 Å². The molecule has 1 aromatic heterocycles. The molecule has 0 fully saturated rings. The van der Waals surface area contributed by atoms with Crippen LogP contribution in [0.25, 0.3) is 5.69 Å². The van der Waals surface area contributed by atoms with Crippen molar-refractivity contribution < 1.29 is 0 Å². The minimum atomic E-state index is 0.648. The number of aromatic nitrogens is 4. The summed E-state index contributed by atoms with van der Waals surface area (Å²) in [6.45, 7) is 4.11. The summed E-state index contributed by atoms with van der Waals surface area (Å²) in [5.74, 6) is 0.648. The van der Waals surface area contributed by atoms with Crippen LogP contribution in [0.1, 0.15) is 22.3 Å². The number of rotatable bonds is 4. The molecule has 0 unspecified atom stereocenters. The van der Waals surface area contributed by atoms with Crippen LogP contribution < -0.4 is 0 Å². The van der Waals surface area contributed by atoms with Gasteiger partial charge in [-0.05, 0) is 47.5 Å². The van der Waals surface area contributed by atoms with Gasteiger partial charge in [-0.25, -0.2) is 0 Å². The molecule has 0 amide bonds. The third kappa shape index (κ3) is 3.25. The first-order valence-electron chi connectivity index (χ1n) is 7.16. The van der Waals surface area contributed by atoms with Gasteiger partial charge in [0.15, 0.2) is 0 Å². The van der Waals surface area contributed by atoms with Crippen molar-refractivity contribution in [1.82, 2.24) is 20.2 Å². The van der Waals surface area contributed by atoms with Crippen molar-refractivity contribution in [1.29, 1.82) is 5.26 Å². The van der Waals surface area contributed by atoms with E-state index in [9.17, 15) is 0 Å². The molecule has 2 aromatic carbocycles. The molecule has 114 valence electrons. The quantitative estimate of drug-likeness (QED) is 0.689. The fourth-order valence-corrected chi connectivity index (χ4v) is 3.25. The molecule has 0 aliphatic carbocycles. The SMILES string of the molecule is Cc1ccc(-n2nnnc2SCc2ccccc2C#N)c(C)c1. The van der Waals surface area contributed by atoms with Gasteiger partial charge in [-0.15, -0.1) is 5.10 Å². The van der Waals surface area contributed by atoms with E-state index in [-0.39, 0.29) is 0 Å². The number of thioether (sulfide) groups is 1. The summed E-state index contributed by atoms with van der Waals surface area (Å²) in [7, 11) is 0. The summed E-state index contributed by atoms with van der Waals surface area (Å²) in [5.41, 5.74) is 4.96. The lowest BCUT2D eigenvalue weighted by Gasteiger charge is -2.08. The molecule has 1 heterocycles. The topological polar surface area (TPSA) is 67.4 Å². The van der Waals surface area contributed by atoms with E-state index in [2.05, 4.69) is 34.6 Å². The lowest BCUT2D eigenvalue weighted by molar-refractivity contribution is 0.751. The number of aryl methyl sites for hydroxylation is 2. The van der Waals surface area contributed by atoms with Crippen molar-refractivity contribution in [2.75, 3.05) is 0 Å². The highest BCUT2D eigenvalue weighted by Gasteiger charge is 2.12. The summed E-state index contributed by atoms with van der Waals surface area (Å²) < 4.78 is 1.74. The molecule has 0 saturated carbocycles. The Kier molecular flexibility index (Phi) is 4.40. The van der Waals surface area contributed by atoms with Crippen molar-refractivity contribution in [3.05, 3.63) is 64.7 Å². The fourth-order valence-electron chi connectivity index (χ4n) is 2.36. The molecule has 0 aliphatic heterocycles. The number of tetrazole rings is 1. The Morgan fingerprint density at radius 3 is 2.78 bits per heavy atom. The van der Waals surface area contributed by atoms with Gasteiger partial charge in [0.25, 0.3) is 0 Å². The number of hydrogen-bond donors (Lipinski definition) is 0. The smallest absolute Gasteiger partial charge is 0.192 e. The lowest BCUT2D eigenvalue weighted by Crippen LogP contribution is -2.02. The Hall–Kier alpha value is -2.65. The number of hydrogen-bond acceptors (Lipinski definition) is 5. The van der Waals surface area contributed by atoms with Crippen LogP contribution in [0.4, 0.5) is 0 Å². The Balaban J connectivity index is 1.86. The highest BCUT2D eigenvalue weighted by molar-refractivity contribution is 7.98. The molecule has 3 rings (SSSR count). The zero-order valence-corrected chi connectivity index (χ0v) is 13.7. The maximum Gasteiger partial charge on any atom is 0.214 e. The van der Waals surface area contributed by atoms with Crippen LogP contribution in [0.2, 0.25) is 0 Å². The third-order valence-electron chi connectivity index (χ3n) is 3.52. The van der Waals surface area contributed by atoms with E-state index in [0.717, 1.165) is 16.8 Å². The van der Waals surface area contributed by atoms with E-state index >= 15 is 0 Å². The average molecular weight is 321 g/mol. The molecule has 0 atom stereocenters. The third-order valence-corrected chi connectivity index (χ3v) is 4.48. The molecule has 0 spiro atoms. The highest BCUT2D eigenvalue weighted by atomic mass is 32.2. The number of nitriles is 1. The minimum Gasteiger partial charge on any atom is -0.192 e. The summed E-state index contributed by atoms with van der Waals surface area (Å²) >= 11 is 1.52. The second kappa shape index (κ2) is 6.63. The van der Waals surface area contributed by atoms with E-state index in [0.29, 0.717) is 16.5 Å². The molecule has 0 aliphatic rings. The molecule has 3 aromatic rings. The van der Waals surface area contributed by atoms with Crippen LogP contribution >= 0.6 is 11.8 Å². The van der Waals surface area contributed by atoms with Crippen LogP contribution in [0.3, 0.4) is 0 Å². The fraction of sp³-hybridized carbons (Fsp3) is 0.176. The normalized spacial score (nSPS) is 10.5. The molecule has 23 heavy (non-hydrogen) atoms. The first-order chi connectivity index (χ1) is 11.2. The van der Waals surface area contributed by atoms with E-state index in [1.54, 1.807) is 4.68 Å². The maximum absolute atomic E-state index is 9.17. The molecule has 0 radical (unpaired) electrons. The van der Waals surface area contributed by atoms with Gasteiger partial charge >= 0.3 is 0 Å². The Labute approximate surface area is 139 Å². The van der Waals surface area contributed by atoms with Gasteiger partial charge in [-0.3, -0.25) is 0 Å². The van der Waals surface area contributed by atoms with Gasteiger partial charge < -0.3 is 0 Å². The maximum atomic E-state index is 9.17. The van der Waals surface area contributed by atoms with Gasteiger partial charge in [-0.2, -0.15) is 9.94 Å². The van der Waals surface area contributed by atoms with E-state index in [1.165, 1.54) is 17.3 Å². The van der Waals surface area contributed by atoms with Gasteiger partial charge in [0, 0.05) is 5.75 Å². The van der Waals surface area contributed by atoms with Crippen LogP contribution in [-0.2, 0) is 5.75 Å². The second-order valence-electron chi connectivity index (χ2n) is 5.22. The second-order valence-corrected chi connectivity index (χ2v) is 6.16. The van der Waals surface area contributed by atoms with Crippen molar-refractivity contribution >= 4 is 11.8 Å². The zero-order chi connectivity index (χ0) is 16.2. The van der Waals surface area contributed by atoms with E-state index in [4.69, 9.17) is 5.26 Å². The summed E-state index contributed by atoms with van der Waals surface area (Å²) in [6, 6.07) is 16.0. The standard InChI is InChI=1S/C17H15N5S/c1-12-7-8-16(13(2)9-12)22-17(19-20-21-22)23-11-15-6-4-3-5-14(15)10-18/h3-9H,11H2,1-2H3. The first-order valence-corrected chi connectivity index (χ1v) is 8.14. The lowest BCUT2D eigenvalue weighted by atomic mass is 10.1. The summed E-state index contributed by atoms with van der Waals surface area (Å²) in [5, 5.41) is 21.9. The van der Waals surface area contributed by atoms with Gasteiger partial charge in [0.05, 0.1) is 17.3 Å². The first kappa shape index (κ1) is 15.3. The van der Waals surface area contributed by atoms with Crippen LogP contribution in [0, 0.1) is 25.2 Å². The predicted molar refractivity (Wildman–Crippen MR) is 89.3 cm³/mol. The summed E-state index contributed by atoms with van der Waals surface area (Å²) in [4.78, 5) is 0. The number of benzene rings is 2. The van der Waals surface area contributed by atoms with Crippen LogP contribution in [0.5, 0.6) is 0 Å². The van der Waals surface area contributed by atoms with Crippen molar-refractivity contribution in [2.24, 2.45) is 0 Å². The van der Waals surface area contributed by atoms with E-state index in [1.807, 2.05) is 43.3 Å². The monoisotopic (exact) mass is 321 g/mol. The summed E-state index contributed by atoms with van der Waals surface area (Å²) in [6.07, 6.45) is 0. The van der Waals surface area contributed by atoms with Crippen molar-refractivity contribution in [3.8, 4) is 11.8 Å². The zero-order valence-electron chi connectivity index (χ0n) is 12.9. The van der Waals surface area contributed by atoms with Crippen LogP contribution in [0.15, 0.2) is 47.6 Å². The Bertz CT molecular complexity index is 879. The van der Waals surface area contributed by atoms with Gasteiger partial charge in [-0.1, -0.05) is 47.7 Å². The Morgan fingerprint density at radius 1 is 1.17 bits per heavy atom. The minimum absolute atomic E-state index is 0.648. The molecule has 0 N–H and O–H groups in total. The Morgan fingerprint density at radius 2 is 2.00 bits per heavy atom. The number of nitrogens with zero attached hydrogens (tertiary/aromatic N) is 5. The van der Waals surface area contributed by atoms with Crippen molar-refractivity contribution in [3.63, 3.8) is 0 Å². The molecule has 0 bridgehead atoms. The molecule has 5 nitrogen and oxygen atoms in total. The van der Waals surface area contributed by atoms with Gasteiger partial charge in [0.2, 0.25) is 5.16 Å². The average Bonchev–Trinajstić information content (AvgIpc) is 3.01. The van der Waals surface area contributed by atoms with Crippen LogP contribution in [-0.4, -0.2) is 20.2 Å². The predicted octanol–water partition coefficient (Wildman–Crippen LogP) is 3.44. The largest absolute Gasteiger partial charge is 0.214 e. The van der Waals surface area contributed by atoms with E-state index < -0.39 is 0 Å². The molecular weight excluding hydrogens is 306 g/mol. The molecule has 0 saturated heterocycles. The van der Waals surface area contributed by atoms with Gasteiger partial charge in [0.1, 0.15) is 0 Å².